The molecule has 2 aromatic rings. The molecule has 0 aliphatic heterocycles. The number of anilines is 1. The zero-order chi connectivity index (χ0) is 12.9. The molecule has 18 heavy (non-hydrogen) atoms. The molecule has 8 nitrogen and oxygen atoms in total. The number of nitrogens with two attached hydrogens (primary N) is 1. The van der Waals surface area contributed by atoms with Crippen molar-refractivity contribution in [2.45, 2.75) is 18.6 Å². The molecule has 0 spiro atoms. The minimum atomic E-state index is -0.531. The highest BCUT2D eigenvalue weighted by molar-refractivity contribution is 5.70. The van der Waals surface area contributed by atoms with Crippen LogP contribution in [0.5, 0.6) is 0 Å². The van der Waals surface area contributed by atoms with Crippen LogP contribution in [0.4, 0.5) is 5.95 Å². The Morgan fingerprint density at radius 1 is 1.61 bits per heavy atom. The molecule has 1 aliphatic carbocycles. The van der Waals surface area contributed by atoms with E-state index in [1.165, 1.54) is 6.33 Å². The van der Waals surface area contributed by atoms with Crippen LogP contribution in [-0.2, 0) is 0 Å². The molecule has 0 bridgehead atoms. The van der Waals surface area contributed by atoms with E-state index in [1.54, 1.807) is 4.57 Å². The number of rotatable bonds is 2. The molecule has 0 radical (unpaired) electrons. The number of H-pyrrole nitrogens is 1. The number of nitrogen functional groups attached to an aromatic ring is 1. The molecule has 0 unspecified atom stereocenters. The summed E-state index contributed by atoms with van der Waals surface area (Å²) in [4.78, 5) is 22.0. The molecular weight excluding hydrogens is 238 g/mol. The first-order valence-electron chi connectivity index (χ1n) is 5.63. The largest absolute Gasteiger partial charge is 0.396 e. The Labute approximate surface area is 101 Å². The summed E-state index contributed by atoms with van der Waals surface area (Å²) in [6.07, 6.45) is 1.47. The SMILES string of the molecule is Nc1nc2c(ncn2[C@@H]2C[C@H](O)[C@H]2CO)c(=O)[nH]1. The van der Waals surface area contributed by atoms with Crippen LogP contribution in [-0.4, -0.2) is 42.4 Å². The molecule has 5 N–H and O–H groups in total. The lowest BCUT2D eigenvalue weighted by atomic mass is 9.77. The molecule has 0 amide bonds. The van der Waals surface area contributed by atoms with Gasteiger partial charge in [-0.2, -0.15) is 4.98 Å². The third kappa shape index (κ3) is 1.42. The van der Waals surface area contributed by atoms with Crippen molar-refractivity contribution in [1.82, 2.24) is 19.5 Å². The van der Waals surface area contributed by atoms with Gasteiger partial charge in [0.1, 0.15) is 0 Å². The average molecular weight is 251 g/mol. The number of aromatic nitrogens is 4. The van der Waals surface area contributed by atoms with Crippen LogP contribution in [0.1, 0.15) is 12.5 Å². The Balaban J connectivity index is 2.11. The van der Waals surface area contributed by atoms with Crippen molar-refractivity contribution >= 4 is 17.1 Å². The third-order valence-corrected chi connectivity index (χ3v) is 3.49. The predicted molar refractivity (Wildman–Crippen MR) is 62.8 cm³/mol. The third-order valence-electron chi connectivity index (χ3n) is 3.49. The van der Waals surface area contributed by atoms with Gasteiger partial charge in [0.2, 0.25) is 5.95 Å². The van der Waals surface area contributed by atoms with Crippen LogP contribution in [0, 0.1) is 5.92 Å². The lowest BCUT2D eigenvalue weighted by Crippen LogP contribution is -2.44. The number of aromatic amines is 1. The van der Waals surface area contributed by atoms with Crippen molar-refractivity contribution in [2.24, 2.45) is 5.92 Å². The minimum absolute atomic E-state index is 0.0228. The van der Waals surface area contributed by atoms with E-state index >= 15 is 0 Å². The number of hydrogen-bond acceptors (Lipinski definition) is 6. The van der Waals surface area contributed by atoms with Gasteiger partial charge in [-0.25, -0.2) is 4.98 Å². The molecule has 0 saturated heterocycles. The van der Waals surface area contributed by atoms with E-state index in [0.717, 1.165) is 0 Å². The maximum absolute atomic E-state index is 11.6. The fourth-order valence-electron chi connectivity index (χ4n) is 2.41. The minimum Gasteiger partial charge on any atom is -0.396 e. The molecule has 1 fully saturated rings. The summed E-state index contributed by atoms with van der Waals surface area (Å²) in [5.41, 5.74) is 5.70. The summed E-state index contributed by atoms with van der Waals surface area (Å²) in [5.74, 6) is -0.237. The van der Waals surface area contributed by atoms with E-state index in [2.05, 4.69) is 15.0 Å². The summed E-state index contributed by atoms with van der Waals surface area (Å²) in [5, 5.41) is 18.8. The van der Waals surface area contributed by atoms with E-state index < -0.39 is 11.7 Å². The topological polar surface area (TPSA) is 130 Å². The van der Waals surface area contributed by atoms with Gasteiger partial charge in [-0.05, 0) is 6.42 Å². The van der Waals surface area contributed by atoms with Gasteiger partial charge in [0.15, 0.2) is 11.2 Å². The number of hydrogen-bond donors (Lipinski definition) is 4. The predicted octanol–water partition coefficient (Wildman–Crippen LogP) is -1.38. The molecule has 0 aromatic carbocycles. The number of imidazole rings is 1. The molecule has 3 rings (SSSR count). The van der Waals surface area contributed by atoms with E-state index in [0.29, 0.717) is 12.1 Å². The lowest BCUT2D eigenvalue weighted by Gasteiger charge is -2.41. The van der Waals surface area contributed by atoms with Crippen LogP contribution in [0.15, 0.2) is 11.1 Å². The zero-order valence-corrected chi connectivity index (χ0v) is 9.45. The number of fused-ring (bicyclic) bond motifs is 1. The normalized spacial score (nSPS) is 27.3. The van der Waals surface area contributed by atoms with Crippen LogP contribution in [0.3, 0.4) is 0 Å². The quantitative estimate of drug-likeness (QED) is 0.520. The highest BCUT2D eigenvalue weighted by Gasteiger charge is 2.41. The second kappa shape index (κ2) is 3.79. The number of aliphatic hydroxyl groups is 2. The Morgan fingerprint density at radius 2 is 2.39 bits per heavy atom. The van der Waals surface area contributed by atoms with Crippen LogP contribution in [0.25, 0.3) is 11.2 Å². The van der Waals surface area contributed by atoms with Crippen LogP contribution < -0.4 is 11.3 Å². The van der Waals surface area contributed by atoms with E-state index in [1.807, 2.05) is 0 Å². The second-order valence-corrected chi connectivity index (χ2v) is 4.49. The highest BCUT2D eigenvalue weighted by atomic mass is 16.3. The van der Waals surface area contributed by atoms with Crippen LogP contribution >= 0.6 is 0 Å². The van der Waals surface area contributed by atoms with Gasteiger partial charge in [-0.15, -0.1) is 0 Å². The summed E-state index contributed by atoms with van der Waals surface area (Å²) in [7, 11) is 0. The average Bonchev–Trinajstić information content (AvgIpc) is 2.69. The Hall–Kier alpha value is -1.93. The zero-order valence-electron chi connectivity index (χ0n) is 9.45. The Morgan fingerprint density at radius 3 is 3.06 bits per heavy atom. The van der Waals surface area contributed by atoms with Crippen molar-refractivity contribution in [2.75, 3.05) is 12.3 Å². The van der Waals surface area contributed by atoms with Gasteiger partial charge in [-0.3, -0.25) is 9.78 Å². The van der Waals surface area contributed by atoms with Crippen molar-refractivity contribution in [3.05, 3.63) is 16.7 Å². The number of aliphatic hydroxyl groups excluding tert-OH is 2. The van der Waals surface area contributed by atoms with E-state index in [4.69, 9.17) is 5.73 Å². The molecule has 1 saturated carbocycles. The van der Waals surface area contributed by atoms with Crippen molar-refractivity contribution in [3.63, 3.8) is 0 Å². The summed E-state index contributed by atoms with van der Waals surface area (Å²) >= 11 is 0. The summed E-state index contributed by atoms with van der Waals surface area (Å²) in [6, 6.07) is -0.108. The van der Waals surface area contributed by atoms with Gasteiger partial charge in [-0.1, -0.05) is 0 Å². The molecule has 1 aliphatic rings. The summed E-state index contributed by atoms with van der Waals surface area (Å²) < 4.78 is 1.69. The van der Waals surface area contributed by atoms with Gasteiger partial charge in [0, 0.05) is 12.0 Å². The first-order valence-corrected chi connectivity index (χ1v) is 5.63. The van der Waals surface area contributed by atoms with Crippen molar-refractivity contribution in [1.29, 1.82) is 0 Å². The molecule has 96 valence electrons. The summed E-state index contributed by atoms with van der Waals surface area (Å²) in [6.45, 7) is -0.121. The van der Waals surface area contributed by atoms with Crippen molar-refractivity contribution in [3.8, 4) is 0 Å². The van der Waals surface area contributed by atoms with Crippen LogP contribution in [0.2, 0.25) is 0 Å². The lowest BCUT2D eigenvalue weighted by molar-refractivity contribution is -0.0512. The Kier molecular flexibility index (Phi) is 2.35. The van der Waals surface area contributed by atoms with Gasteiger partial charge < -0.3 is 20.5 Å². The smallest absolute Gasteiger partial charge is 0.280 e. The maximum atomic E-state index is 11.6. The molecular formula is C10H13N5O3. The fraction of sp³-hybridized carbons (Fsp3) is 0.500. The molecule has 2 heterocycles. The first kappa shape index (κ1) is 11.2. The number of nitrogens with one attached hydrogen (secondary N) is 1. The maximum Gasteiger partial charge on any atom is 0.280 e. The van der Waals surface area contributed by atoms with E-state index in [-0.39, 0.29) is 30.0 Å². The molecule has 2 aromatic heterocycles. The highest BCUT2D eigenvalue weighted by Crippen LogP contribution is 2.39. The van der Waals surface area contributed by atoms with Gasteiger partial charge in [0.05, 0.1) is 19.0 Å². The monoisotopic (exact) mass is 251 g/mol. The molecule has 8 heteroatoms. The number of nitrogens with zero attached hydrogens (tertiary/aromatic N) is 3. The van der Waals surface area contributed by atoms with E-state index in [9.17, 15) is 15.0 Å². The van der Waals surface area contributed by atoms with Crippen molar-refractivity contribution < 1.29 is 10.2 Å². The Bertz CT molecular complexity index is 648. The van der Waals surface area contributed by atoms with Gasteiger partial charge in [0.25, 0.3) is 5.56 Å². The standard InChI is InChI=1S/C10H13N5O3/c11-10-13-8-7(9(18)14-10)12-3-15(8)5-1-6(17)4(5)2-16/h3-6,16-17H,1-2H2,(H3,11,13,14,18)/t4-,5+,6-/m0/s1. The van der Waals surface area contributed by atoms with Gasteiger partial charge >= 0.3 is 0 Å². The molecule has 3 atom stereocenters. The first-order chi connectivity index (χ1) is 8.61. The fourth-order valence-corrected chi connectivity index (χ4v) is 2.41. The second-order valence-electron chi connectivity index (χ2n) is 4.49.